The maximum absolute atomic E-state index is 4.39. The summed E-state index contributed by atoms with van der Waals surface area (Å²) in [5, 5.41) is 3.25. The van der Waals surface area contributed by atoms with Crippen molar-refractivity contribution in [2.45, 2.75) is 20.3 Å². The average Bonchev–Trinajstić information content (AvgIpc) is 2.66. The monoisotopic (exact) mass is 239 g/mol. The van der Waals surface area contributed by atoms with Gasteiger partial charge in [-0.05, 0) is 18.9 Å². The zero-order chi connectivity index (χ0) is 11.4. The molecule has 0 unspecified atom stereocenters. The summed E-state index contributed by atoms with van der Waals surface area (Å²) in [5.41, 5.74) is 0. The first-order chi connectivity index (χ1) is 7.75. The Morgan fingerprint density at radius 1 is 1.31 bits per heavy atom. The van der Waals surface area contributed by atoms with E-state index in [1.807, 2.05) is 6.20 Å². The van der Waals surface area contributed by atoms with Crippen LogP contribution in [0.2, 0.25) is 0 Å². The van der Waals surface area contributed by atoms with Crippen molar-refractivity contribution >= 4 is 16.5 Å². The lowest BCUT2D eigenvalue weighted by Gasteiger charge is -2.22. The minimum atomic E-state index is 0.770. The summed E-state index contributed by atoms with van der Waals surface area (Å²) in [4.78, 5) is 9.40. The van der Waals surface area contributed by atoms with Crippen LogP contribution in [0.25, 0.3) is 0 Å². The topological polar surface area (TPSA) is 19.4 Å². The van der Waals surface area contributed by atoms with Crippen LogP contribution in [-0.4, -0.2) is 42.6 Å². The van der Waals surface area contributed by atoms with Gasteiger partial charge < -0.3 is 9.80 Å². The molecule has 0 aliphatic carbocycles. The van der Waals surface area contributed by atoms with Gasteiger partial charge in [-0.15, -0.1) is 11.3 Å². The van der Waals surface area contributed by atoms with E-state index in [-0.39, 0.29) is 0 Å². The second-order valence-corrected chi connectivity index (χ2v) is 5.72. The first kappa shape index (κ1) is 11.9. The van der Waals surface area contributed by atoms with Gasteiger partial charge in [-0.1, -0.05) is 13.8 Å². The normalized spacial score (nSPS) is 19.1. The largest absolute Gasteiger partial charge is 0.347 e. The van der Waals surface area contributed by atoms with Crippen LogP contribution < -0.4 is 4.90 Å². The van der Waals surface area contributed by atoms with Crippen LogP contribution in [0.4, 0.5) is 5.13 Å². The minimum absolute atomic E-state index is 0.770. The first-order valence-corrected chi connectivity index (χ1v) is 7.00. The number of hydrogen-bond donors (Lipinski definition) is 0. The van der Waals surface area contributed by atoms with Gasteiger partial charge >= 0.3 is 0 Å². The third-order valence-corrected chi connectivity index (χ3v) is 3.73. The summed E-state index contributed by atoms with van der Waals surface area (Å²) in [7, 11) is 0. The number of hydrogen-bond acceptors (Lipinski definition) is 4. The van der Waals surface area contributed by atoms with Crippen molar-refractivity contribution in [3.63, 3.8) is 0 Å². The van der Waals surface area contributed by atoms with Crippen LogP contribution >= 0.6 is 11.3 Å². The molecule has 1 aliphatic rings. The number of anilines is 1. The summed E-state index contributed by atoms with van der Waals surface area (Å²) in [6.07, 6.45) is 3.16. The fourth-order valence-corrected chi connectivity index (χ4v) is 2.93. The Kier molecular flexibility index (Phi) is 4.18. The van der Waals surface area contributed by atoms with E-state index < -0.39 is 0 Å². The van der Waals surface area contributed by atoms with Gasteiger partial charge in [-0.25, -0.2) is 4.98 Å². The molecule has 0 spiro atoms. The average molecular weight is 239 g/mol. The molecule has 16 heavy (non-hydrogen) atoms. The van der Waals surface area contributed by atoms with Crippen molar-refractivity contribution in [3.8, 4) is 0 Å². The van der Waals surface area contributed by atoms with Gasteiger partial charge in [0, 0.05) is 37.8 Å². The molecule has 0 N–H and O–H groups in total. The van der Waals surface area contributed by atoms with Crippen LogP contribution in [0.1, 0.15) is 20.3 Å². The molecule has 1 aliphatic heterocycles. The molecular formula is C12H21N3S. The predicted octanol–water partition coefficient (Wildman–Crippen LogP) is 2.31. The van der Waals surface area contributed by atoms with Crippen LogP contribution in [-0.2, 0) is 0 Å². The highest BCUT2D eigenvalue weighted by Gasteiger charge is 2.16. The lowest BCUT2D eigenvalue weighted by atomic mass is 10.2. The molecule has 0 saturated carbocycles. The van der Waals surface area contributed by atoms with Crippen molar-refractivity contribution in [2.75, 3.05) is 37.6 Å². The lowest BCUT2D eigenvalue weighted by molar-refractivity contribution is 0.261. The van der Waals surface area contributed by atoms with Crippen LogP contribution in [0.15, 0.2) is 11.6 Å². The molecular weight excluding hydrogens is 218 g/mol. The first-order valence-electron chi connectivity index (χ1n) is 6.12. The maximum Gasteiger partial charge on any atom is 0.185 e. The maximum atomic E-state index is 4.39. The second kappa shape index (κ2) is 5.64. The van der Waals surface area contributed by atoms with Crippen molar-refractivity contribution in [1.82, 2.24) is 9.88 Å². The second-order valence-electron chi connectivity index (χ2n) is 4.85. The van der Waals surface area contributed by atoms with Gasteiger partial charge in [-0.2, -0.15) is 0 Å². The van der Waals surface area contributed by atoms with Gasteiger partial charge in [0.05, 0.1) is 0 Å². The molecule has 0 bridgehead atoms. The van der Waals surface area contributed by atoms with E-state index in [1.165, 1.54) is 31.2 Å². The predicted molar refractivity (Wildman–Crippen MR) is 70.2 cm³/mol. The lowest BCUT2D eigenvalue weighted by Crippen LogP contribution is -2.32. The fourth-order valence-electron chi connectivity index (χ4n) is 2.23. The van der Waals surface area contributed by atoms with E-state index in [2.05, 4.69) is 34.0 Å². The minimum Gasteiger partial charge on any atom is -0.347 e. The molecule has 0 atom stereocenters. The van der Waals surface area contributed by atoms with E-state index in [0.717, 1.165) is 19.0 Å². The van der Waals surface area contributed by atoms with Crippen molar-refractivity contribution in [1.29, 1.82) is 0 Å². The SMILES string of the molecule is CC(C)CN1CCCN(c2nccs2)CC1. The molecule has 0 amide bonds. The molecule has 3 nitrogen and oxygen atoms in total. The standard InChI is InChI=1S/C12H21N3S/c1-11(2)10-14-5-3-6-15(8-7-14)12-13-4-9-16-12/h4,9,11H,3,5-8,10H2,1-2H3. The van der Waals surface area contributed by atoms with Gasteiger partial charge in [0.15, 0.2) is 5.13 Å². The van der Waals surface area contributed by atoms with Gasteiger partial charge in [0.1, 0.15) is 0 Å². The van der Waals surface area contributed by atoms with Crippen molar-refractivity contribution in [2.24, 2.45) is 5.92 Å². The summed E-state index contributed by atoms with van der Waals surface area (Å²) in [6.45, 7) is 10.5. The molecule has 4 heteroatoms. The highest BCUT2D eigenvalue weighted by Crippen LogP contribution is 2.19. The number of nitrogens with zero attached hydrogens (tertiary/aromatic N) is 3. The van der Waals surface area contributed by atoms with E-state index in [0.29, 0.717) is 0 Å². The van der Waals surface area contributed by atoms with E-state index in [4.69, 9.17) is 0 Å². The molecule has 2 rings (SSSR count). The smallest absolute Gasteiger partial charge is 0.185 e. The third-order valence-electron chi connectivity index (χ3n) is 2.90. The van der Waals surface area contributed by atoms with Gasteiger partial charge in [0.25, 0.3) is 0 Å². The number of thiazole rings is 1. The summed E-state index contributed by atoms with van der Waals surface area (Å²) >= 11 is 1.75. The summed E-state index contributed by atoms with van der Waals surface area (Å²) in [6, 6.07) is 0. The van der Waals surface area contributed by atoms with Gasteiger partial charge in [0.2, 0.25) is 0 Å². The molecule has 1 saturated heterocycles. The van der Waals surface area contributed by atoms with E-state index in [9.17, 15) is 0 Å². The zero-order valence-electron chi connectivity index (χ0n) is 10.2. The Morgan fingerprint density at radius 3 is 2.88 bits per heavy atom. The van der Waals surface area contributed by atoms with Gasteiger partial charge in [-0.3, -0.25) is 0 Å². The van der Waals surface area contributed by atoms with Crippen LogP contribution in [0.3, 0.4) is 0 Å². The summed E-state index contributed by atoms with van der Waals surface area (Å²) < 4.78 is 0. The molecule has 0 radical (unpaired) electrons. The molecule has 1 aromatic rings. The highest BCUT2D eigenvalue weighted by molar-refractivity contribution is 7.13. The summed E-state index contributed by atoms with van der Waals surface area (Å²) in [5.74, 6) is 0.770. The van der Waals surface area contributed by atoms with Crippen molar-refractivity contribution in [3.05, 3.63) is 11.6 Å². The molecule has 2 heterocycles. The Balaban J connectivity index is 1.88. The molecule has 1 fully saturated rings. The zero-order valence-corrected chi connectivity index (χ0v) is 11.0. The Hall–Kier alpha value is -0.610. The van der Waals surface area contributed by atoms with Crippen molar-refractivity contribution < 1.29 is 0 Å². The number of aromatic nitrogens is 1. The third kappa shape index (κ3) is 3.19. The number of rotatable bonds is 3. The molecule has 1 aromatic heterocycles. The van der Waals surface area contributed by atoms with Crippen LogP contribution in [0.5, 0.6) is 0 Å². The quantitative estimate of drug-likeness (QED) is 0.807. The Morgan fingerprint density at radius 2 is 2.19 bits per heavy atom. The molecule has 0 aromatic carbocycles. The van der Waals surface area contributed by atoms with E-state index >= 15 is 0 Å². The Bertz CT molecular complexity index is 297. The molecule has 90 valence electrons. The van der Waals surface area contributed by atoms with Crippen LogP contribution in [0, 0.1) is 5.92 Å². The highest BCUT2D eigenvalue weighted by atomic mass is 32.1. The fraction of sp³-hybridized carbons (Fsp3) is 0.750. The Labute approximate surface area is 102 Å². The van der Waals surface area contributed by atoms with E-state index in [1.54, 1.807) is 11.3 Å².